The van der Waals surface area contributed by atoms with E-state index in [1.54, 1.807) is 12.1 Å². The molecule has 9 heteroatoms. The van der Waals surface area contributed by atoms with Crippen LogP contribution in [-0.4, -0.2) is 24.3 Å². The Morgan fingerprint density at radius 3 is 2.22 bits per heavy atom. The van der Waals surface area contributed by atoms with Crippen molar-refractivity contribution in [1.82, 2.24) is 4.47 Å². The largest absolute Gasteiger partial charge is 0.416 e. The van der Waals surface area contributed by atoms with Gasteiger partial charge in [0.2, 0.25) is 0 Å². The molecule has 0 aromatic heterocycles. The lowest BCUT2D eigenvalue weighted by Crippen LogP contribution is -2.35. The van der Waals surface area contributed by atoms with E-state index >= 15 is 0 Å². The lowest BCUT2D eigenvalue weighted by Gasteiger charge is -2.21. The van der Waals surface area contributed by atoms with E-state index in [9.17, 15) is 21.6 Å². The van der Waals surface area contributed by atoms with Crippen LogP contribution in [0.5, 0.6) is 0 Å². The van der Waals surface area contributed by atoms with Crippen molar-refractivity contribution in [3.63, 3.8) is 0 Å². The first-order valence-corrected chi connectivity index (χ1v) is 10.7. The molecule has 0 aliphatic carbocycles. The lowest BCUT2D eigenvalue weighted by atomic mass is 10.0. The molecular formula is C18H17BrF3NO3S. The first kappa shape index (κ1) is 20.3. The SMILES string of the molecule is Cc1ccc(S(=O)(=O)N2OC(c3ccc(C(F)(F)F)cc3)CC2CBr)cc1. The molecule has 2 atom stereocenters. The molecule has 0 bridgehead atoms. The normalized spacial score (nSPS) is 21.5. The molecule has 1 fully saturated rings. The molecule has 0 radical (unpaired) electrons. The van der Waals surface area contributed by atoms with Crippen LogP contribution in [0.1, 0.15) is 29.2 Å². The van der Waals surface area contributed by atoms with Crippen LogP contribution in [0.4, 0.5) is 13.2 Å². The van der Waals surface area contributed by atoms with Crippen molar-refractivity contribution in [3.8, 4) is 0 Å². The van der Waals surface area contributed by atoms with Gasteiger partial charge < -0.3 is 0 Å². The number of hydrogen-bond acceptors (Lipinski definition) is 3. The van der Waals surface area contributed by atoms with Crippen molar-refractivity contribution in [2.24, 2.45) is 0 Å². The zero-order valence-corrected chi connectivity index (χ0v) is 16.7. The molecule has 1 heterocycles. The Kier molecular flexibility index (Phi) is 5.67. The Morgan fingerprint density at radius 1 is 1.11 bits per heavy atom. The maximum atomic E-state index is 12.9. The summed E-state index contributed by atoms with van der Waals surface area (Å²) in [5.74, 6) is 0. The number of aryl methyl sites for hydroxylation is 1. The first-order valence-electron chi connectivity index (χ1n) is 8.14. The summed E-state index contributed by atoms with van der Waals surface area (Å²) < 4.78 is 64.9. The third-order valence-corrected chi connectivity index (χ3v) is 6.83. The van der Waals surface area contributed by atoms with Gasteiger partial charge in [0.1, 0.15) is 6.10 Å². The molecule has 1 aliphatic heterocycles. The van der Waals surface area contributed by atoms with Crippen molar-refractivity contribution in [2.75, 3.05) is 5.33 Å². The summed E-state index contributed by atoms with van der Waals surface area (Å²) >= 11 is 3.30. The van der Waals surface area contributed by atoms with Gasteiger partial charge in [0.05, 0.1) is 16.5 Å². The Labute approximate surface area is 164 Å². The molecule has 2 unspecified atom stereocenters. The number of benzene rings is 2. The highest BCUT2D eigenvalue weighted by molar-refractivity contribution is 9.09. The average molecular weight is 464 g/mol. The maximum Gasteiger partial charge on any atom is 0.416 e. The lowest BCUT2D eigenvalue weighted by molar-refractivity contribution is -0.137. The van der Waals surface area contributed by atoms with Crippen LogP contribution in [-0.2, 0) is 21.0 Å². The minimum absolute atomic E-state index is 0.104. The summed E-state index contributed by atoms with van der Waals surface area (Å²) in [6, 6.07) is 10.5. The molecule has 3 rings (SSSR count). The average Bonchev–Trinajstić information content (AvgIpc) is 3.07. The predicted octanol–water partition coefficient (Wildman–Crippen LogP) is 4.84. The van der Waals surface area contributed by atoms with Gasteiger partial charge in [0.15, 0.2) is 0 Å². The molecule has 1 aliphatic rings. The van der Waals surface area contributed by atoms with Gasteiger partial charge in [-0.25, -0.2) is 8.42 Å². The third-order valence-electron chi connectivity index (χ3n) is 4.36. The molecule has 0 N–H and O–H groups in total. The molecule has 0 amide bonds. The van der Waals surface area contributed by atoms with Crippen LogP contribution >= 0.6 is 15.9 Å². The van der Waals surface area contributed by atoms with Gasteiger partial charge in [-0.15, -0.1) is 0 Å². The topological polar surface area (TPSA) is 46.6 Å². The zero-order chi connectivity index (χ0) is 19.8. The van der Waals surface area contributed by atoms with Gasteiger partial charge >= 0.3 is 6.18 Å². The molecule has 0 spiro atoms. The molecule has 0 saturated carbocycles. The summed E-state index contributed by atoms with van der Waals surface area (Å²) in [6.45, 7) is 1.85. The Balaban J connectivity index is 1.86. The van der Waals surface area contributed by atoms with Gasteiger partial charge in [-0.3, -0.25) is 4.84 Å². The highest BCUT2D eigenvalue weighted by atomic mass is 79.9. The Hall–Kier alpha value is -1.42. The fourth-order valence-electron chi connectivity index (χ4n) is 2.86. The minimum atomic E-state index is -4.42. The summed E-state index contributed by atoms with van der Waals surface area (Å²) in [6.07, 6.45) is -4.73. The van der Waals surface area contributed by atoms with Crippen molar-refractivity contribution < 1.29 is 26.4 Å². The van der Waals surface area contributed by atoms with Gasteiger partial charge in [0.25, 0.3) is 10.0 Å². The second-order valence-electron chi connectivity index (χ2n) is 6.33. The fraction of sp³-hybridized carbons (Fsp3) is 0.333. The van der Waals surface area contributed by atoms with Gasteiger partial charge in [-0.1, -0.05) is 50.2 Å². The van der Waals surface area contributed by atoms with Crippen LogP contribution in [0.25, 0.3) is 0 Å². The number of hydrogen-bond donors (Lipinski definition) is 0. The van der Waals surface area contributed by atoms with E-state index in [1.807, 2.05) is 6.92 Å². The molecule has 27 heavy (non-hydrogen) atoms. The van der Waals surface area contributed by atoms with Gasteiger partial charge in [0, 0.05) is 5.33 Å². The minimum Gasteiger partial charge on any atom is -0.276 e. The van der Waals surface area contributed by atoms with Crippen LogP contribution in [0, 0.1) is 6.92 Å². The Bertz CT molecular complexity index is 899. The molecule has 146 valence electrons. The molecule has 4 nitrogen and oxygen atoms in total. The van der Waals surface area contributed by atoms with E-state index < -0.39 is 33.9 Å². The van der Waals surface area contributed by atoms with Crippen LogP contribution < -0.4 is 0 Å². The highest BCUT2D eigenvalue weighted by Gasteiger charge is 2.42. The van der Waals surface area contributed by atoms with E-state index in [0.29, 0.717) is 17.3 Å². The summed E-state index contributed by atoms with van der Waals surface area (Å²) in [4.78, 5) is 5.76. The van der Waals surface area contributed by atoms with E-state index in [-0.39, 0.29) is 4.90 Å². The second-order valence-corrected chi connectivity index (χ2v) is 8.76. The standard InChI is InChI=1S/C18H17BrF3NO3S/c1-12-2-8-16(9-3-12)27(24,25)23-15(11-19)10-17(26-23)13-4-6-14(7-5-13)18(20,21)22/h2-9,15,17H,10-11H2,1H3. The highest BCUT2D eigenvalue weighted by Crippen LogP contribution is 2.38. The fourth-order valence-corrected chi connectivity index (χ4v) is 5.03. The maximum absolute atomic E-state index is 12.9. The van der Waals surface area contributed by atoms with Crippen LogP contribution in [0.2, 0.25) is 0 Å². The van der Waals surface area contributed by atoms with E-state index in [4.69, 9.17) is 4.84 Å². The zero-order valence-electron chi connectivity index (χ0n) is 14.3. The predicted molar refractivity (Wildman–Crippen MR) is 97.7 cm³/mol. The molecular weight excluding hydrogens is 447 g/mol. The Morgan fingerprint density at radius 2 is 1.70 bits per heavy atom. The quantitative estimate of drug-likeness (QED) is 0.609. The van der Waals surface area contributed by atoms with Crippen molar-refractivity contribution in [3.05, 3.63) is 65.2 Å². The number of sulfonamides is 1. The first-order chi connectivity index (χ1) is 12.6. The van der Waals surface area contributed by atoms with Gasteiger partial charge in [-0.2, -0.15) is 13.2 Å². The molecule has 2 aromatic carbocycles. The smallest absolute Gasteiger partial charge is 0.276 e. The monoisotopic (exact) mass is 463 g/mol. The van der Waals surface area contributed by atoms with Crippen molar-refractivity contribution in [2.45, 2.75) is 36.6 Å². The molecule has 2 aromatic rings. The van der Waals surface area contributed by atoms with E-state index in [0.717, 1.165) is 22.2 Å². The van der Waals surface area contributed by atoms with Gasteiger partial charge in [-0.05, 0) is 43.2 Å². The van der Waals surface area contributed by atoms with Crippen molar-refractivity contribution >= 4 is 26.0 Å². The van der Waals surface area contributed by atoms with Crippen LogP contribution in [0.3, 0.4) is 0 Å². The number of halogens is 4. The summed E-state index contributed by atoms with van der Waals surface area (Å²) in [7, 11) is -3.89. The summed E-state index contributed by atoms with van der Waals surface area (Å²) in [5.41, 5.74) is 0.664. The summed E-state index contributed by atoms with van der Waals surface area (Å²) in [5, 5.41) is 0.342. The van der Waals surface area contributed by atoms with E-state index in [1.165, 1.54) is 24.3 Å². The number of alkyl halides is 4. The number of nitrogens with zero attached hydrogens (tertiary/aromatic N) is 1. The second kappa shape index (κ2) is 7.54. The number of hydroxylamine groups is 1. The number of rotatable bonds is 4. The third kappa shape index (κ3) is 4.21. The van der Waals surface area contributed by atoms with E-state index in [2.05, 4.69) is 15.9 Å². The van der Waals surface area contributed by atoms with Crippen molar-refractivity contribution in [1.29, 1.82) is 0 Å². The molecule has 1 saturated heterocycles. The van der Waals surface area contributed by atoms with Crippen LogP contribution in [0.15, 0.2) is 53.4 Å².